The molecule has 1 aliphatic rings. The fourth-order valence-electron chi connectivity index (χ4n) is 2.16. The molecule has 1 unspecified atom stereocenters. The number of nitrogens with one attached hydrogen (secondary N) is 2. The van der Waals surface area contributed by atoms with Crippen LogP contribution in [0.4, 0.5) is 4.79 Å². The second kappa shape index (κ2) is 7.84. The lowest BCUT2D eigenvalue weighted by Gasteiger charge is -2.31. The lowest BCUT2D eigenvalue weighted by molar-refractivity contribution is 0.0506. The molecule has 0 aromatic heterocycles. The maximum atomic E-state index is 11.7. The van der Waals surface area contributed by atoms with Crippen LogP contribution >= 0.6 is 0 Å². The first-order chi connectivity index (χ1) is 9.28. The van der Waals surface area contributed by atoms with Crippen molar-refractivity contribution in [2.45, 2.75) is 65.1 Å². The second-order valence-corrected chi connectivity index (χ2v) is 6.79. The van der Waals surface area contributed by atoms with E-state index in [1.807, 2.05) is 20.8 Å². The van der Waals surface area contributed by atoms with E-state index >= 15 is 0 Å². The predicted molar refractivity (Wildman–Crippen MR) is 79.8 cm³/mol. The minimum atomic E-state index is -0.453. The molecule has 0 saturated carbocycles. The molecule has 5 nitrogen and oxygen atoms in total. The summed E-state index contributed by atoms with van der Waals surface area (Å²) in [5.74, 6) is 0.452. The third kappa shape index (κ3) is 7.10. The molecular weight excluding hydrogens is 256 g/mol. The highest BCUT2D eigenvalue weighted by molar-refractivity contribution is 5.67. The lowest BCUT2D eigenvalue weighted by Crippen LogP contribution is -2.50. The summed E-state index contributed by atoms with van der Waals surface area (Å²) in [5, 5.41) is 6.48. The molecule has 1 fully saturated rings. The fourth-order valence-corrected chi connectivity index (χ4v) is 2.16. The summed E-state index contributed by atoms with van der Waals surface area (Å²) in [5.41, 5.74) is -0.453. The summed E-state index contributed by atoms with van der Waals surface area (Å²) in [4.78, 5) is 11.7. The molecule has 2 N–H and O–H groups in total. The van der Waals surface area contributed by atoms with Crippen molar-refractivity contribution >= 4 is 6.09 Å². The van der Waals surface area contributed by atoms with Crippen LogP contribution in [0.2, 0.25) is 0 Å². The third-order valence-electron chi connectivity index (χ3n) is 3.34. The normalized spacial score (nSPS) is 18.9. The van der Waals surface area contributed by atoms with Crippen LogP contribution in [0.25, 0.3) is 0 Å². The molecule has 1 amide bonds. The van der Waals surface area contributed by atoms with E-state index in [-0.39, 0.29) is 12.1 Å². The highest BCUT2D eigenvalue weighted by atomic mass is 16.6. The van der Waals surface area contributed by atoms with Gasteiger partial charge >= 0.3 is 6.09 Å². The highest BCUT2D eigenvalue weighted by Crippen LogP contribution is 2.11. The molecule has 5 heteroatoms. The SMILES string of the molecule is CC(C)C(CNC(=O)OC(C)(C)C)NC1CCOCC1. The van der Waals surface area contributed by atoms with Crippen molar-refractivity contribution < 1.29 is 14.3 Å². The summed E-state index contributed by atoms with van der Waals surface area (Å²) in [6, 6.07) is 0.738. The van der Waals surface area contributed by atoms with Crippen LogP contribution in [0.1, 0.15) is 47.5 Å². The molecule has 1 heterocycles. The van der Waals surface area contributed by atoms with Gasteiger partial charge in [0.2, 0.25) is 0 Å². The molecule has 20 heavy (non-hydrogen) atoms. The van der Waals surface area contributed by atoms with Gasteiger partial charge in [-0.2, -0.15) is 0 Å². The van der Waals surface area contributed by atoms with Crippen molar-refractivity contribution in [1.82, 2.24) is 10.6 Å². The van der Waals surface area contributed by atoms with Gasteiger partial charge in [0.05, 0.1) is 0 Å². The topological polar surface area (TPSA) is 59.6 Å². The summed E-state index contributed by atoms with van der Waals surface area (Å²) in [6.07, 6.45) is 1.72. The lowest BCUT2D eigenvalue weighted by atomic mass is 10.0. The van der Waals surface area contributed by atoms with Crippen LogP contribution in [0.5, 0.6) is 0 Å². The van der Waals surface area contributed by atoms with Gasteiger partial charge in [0, 0.05) is 31.8 Å². The van der Waals surface area contributed by atoms with Crippen LogP contribution in [-0.2, 0) is 9.47 Å². The van der Waals surface area contributed by atoms with Gasteiger partial charge in [-0.05, 0) is 39.5 Å². The maximum Gasteiger partial charge on any atom is 0.407 e. The molecule has 1 aliphatic heterocycles. The van der Waals surface area contributed by atoms with Crippen molar-refractivity contribution in [3.8, 4) is 0 Å². The van der Waals surface area contributed by atoms with Crippen LogP contribution < -0.4 is 10.6 Å². The number of ether oxygens (including phenoxy) is 2. The monoisotopic (exact) mass is 286 g/mol. The molecule has 118 valence electrons. The number of hydrogen-bond donors (Lipinski definition) is 2. The van der Waals surface area contributed by atoms with E-state index in [4.69, 9.17) is 9.47 Å². The Bertz CT molecular complexity index is 294. The van der Waals surface area contributed by atoms with Gasteiger partial charge in [0.25, 0.3) is 0 Å². The zero-order valence-electron chi connectivity index (χ0n) is 13.5. The standard InChI is InChI=1S/C15H30N2O3/c1-11(2)13(17-12-6-8-19-9-7-12)10-16-14(18)20-15(3,4)5/h11-13,17H,6-10H2,1-5H3,(H,16,18). The van der Waals surface area contributed by atoms with E-state index in [0.717, 1.165) is 26.1 Å². The number of alkyl carbamates (subject to hydrolysis) is 1. The van der Waals surface area contributed by atoms with E-state index in [1.165, 1.54) is 0 Å². The second-order valence-electron chi connectivity index (χ2n) is 6.79. The van der Waals surface area contributed by atoms with Gasteiger partial charge in [-0.3, -0.25) is 0 Å². The van der Waals surface area contributed by atoms with Crippen LogP contribution in [-0.4, -0.2) is 43.5 Å². The molecule has 0 aliphatic carbocycles. The molecule has 0 radical (unpaired) electrons. The first-order valence-electron chi connectivity index (χ1n) is 7.58. The van der Waals surface area contributed by atoms with Crippen molar-refractivity contribution in [3.05, 3.63) is 0 Å². The molecule has 1 atom stereocenters. The van der Waals surface area contributed by atoms with Gasteiger partial charge in [-0.15, -0.1) is 0 Å². The Morgan fingerprint density at radius 2 is 1.90 bits per heavy atom. The third-order valence-corrected chi connectivity index (χ3v) is 3.34. The highest BCUT2D eigenvalue weighted by Gasteiger charge is 2.22. The van der Waals surface area contributed by atoms with Crippen molar-refractivity contribution in [3.63, 3.8) is 0 Å². The average molecular weight is 286 g/mol. The predicted octanol–water partition coefficient (Wildman–Crippen LogP) is 2.30. The van der Waals surface area contributed by atoms with E-state index in [0.29, 0.717) is 18.5 Å². The first kappa shape index (κ1) is 17.2. The zero-order valence-corrected chi connectivity index (χ0v) is 13.5. The molecule has 0 aromatic rings. The van der Waals surface area contributed by atoms with Crippen molar-refractivity contribution in [2.75, 3.05) is 19.8 Å². The fraction of sp³-hybridized carbons (Fsp3) is 0.933. The number of hydrogen-bond acceptors (Lipinski definition) is 4. The number of rotatable bonds is 5. The van der Waals surface area contributed by atoms with Crippen molar-refractivity contribution in [2.24, 2.45) is 5.92 Å². The summed E-state index contributed by atoms with van der Waals surface area (Å²) in [7, 11) is 0. The van der Waals surface area contributed by atoms with Gasteiger partial charge in [-0.1, -0.05) is 13.8 Å². The quantitative estimate of drug-likeness (QED) is 0.814. The van der Waals surface area contributed by atoms with E-state index < -0.39 is 5.60 Å². The minimum absolute atomic E-state index is 0.255. The summed E-state index contributed by atoms with van der Waals surface area (Å²) in [6.45, 7) is 12.2. The smallest absolute Gasteiger partial charge is 0.407 e. The Morgan fingerprint density at radius 3 is 2.40 bits per heavy atom. The van der Waals surface area contributed by atoms with Gasteiger partial charge in [0.15, 0.2) is 0 Å². The Kier molecular flexibility index (Phi) is 6.76. The average Bonchev–Trinajstić information content (AvgIpc) is 2.33. The molecule has 0 bridgehead atoms. The van der Waals surface area contributed by atoms with Crippen LogP contribution in [0.15, 0.2) is 0 Å². The Balaban J connectivity index is 2.36. The summed E-state index contributed by atoms with van der Waals surface area (Å²) >= 11 is 0. The Labute approximate surface area is 122 Å². The van der Waals surface area contributed by atoms with E-state index in [1.54, 1.807) is 0 Å². The largest absolute Gasteiger partial charge is 0.444 e. The van der Waals surface area contributed by atoms with E-state index in [2.05, 4.69) is 24.5 Å². The molecule has 0 spiro atoms. The zero-order chi connectivity index (χ0) is 15.2. The van der Waals surface area contributed by atoms with Gasteiger partial charge in [-0.25, -0.2) is 4.79 Å². The number of carbonyl (C=O) groups excluding carboxylic acids is 1. The minimum Gasteiger partial charge on any atom is -0.444 e. The Hall–Kier alpha value is -0.810. The summed E-state index contributed by atoms with van der Waals surface area (Å²) < 4.78 is 10.6. The van der Waals surface area contributed by atoms with Crippen molar-refractivity contribution in [1.29, 1.82) is 0 Å². The van der Waals surface area contributed by atoms with Crippen LogP contribution in [0.3, 0.4) is 0 Å². The number of carbonyl (C=O) groups is 1. The van der Waals surface area contributed by atoms with Gasteiger partial charge in [0.1, 0.15) is 5.60 Å². The Morgan fingerprint density at radius 1 is 1.30 bits per heavy atom. The molecular formula is C15H30N2O3. The molecule has 0 aromatic carbocycles. The molecule has 1 saturated heterocycles. The number of amides is 1. The molecule has 1 rings (SSSR count). The maximum absolute atomic E-state index is 11.7. The van der Waals surface area contributed by atoms with Crippen LogP contribution in [0, 0.1) is 5.92 Å². The van der Waals surface area contributed by atoms with E-state index in [9.17, 15) is 4.79 Å². The first-order valence-corrected chi connectivity index (χ1v) is 7.58. The van der Waals surface area contributed by atoms with Gasteiger partial charge < -0.3 is 20.1 Å².